The Hall–Kier alpha value is -3.19. The van der Waals surface area contributed by atoms with Crippen molar-refractivity contribution >= 4 is 22.5 Å². The molecule has 3 aromatic rings. The van der Waals surface area contributed by atoms with E-state index in [2.05, 4.69) is 29.2 Å². The number of allylic oxidation sites excluding steroid dienone is 1. The van der Waals surface area contributed by atoms with Gasteiger partial charge in [0.2, 0.25) is 0 Å². The Morgan fingerprint density at radius 3 is 2.82 bits per heavy atom. The number of primary amides is 1. The monoisotopic (exact) mass is 449 g/mol. The van der Waals surface area contributed by atoms with Crippen LogP contribution in [0.15, 0.2) is 42.6 Å². The molecule has 5 rings (SSSR count). The van der Waals surface area contributed by atoms with Gasteiger partial charge in [0.05, 0.1) is 26.7 Å². The molecule has 3 heterocycles. The lowest BCUT2D eigenvalue weighted by Crippen LogP contribution is -2.59. The summed E-state index contributed by atoms with van der Waals surface area (Å²) in [6, 6.07) is 8.88. The van der Waals surface area contributed by atoms with Gasteiger partial charge < -0.3 is 19.9 Å². The molecular weight excluding hydrogens is 419 g/mol. The van der Waals surface area contributed by atoms with Crippen LogP contribution < -0.4 is 10.5 Å². The van der Waals surface area contributed by atoms with Gasteiger partial charge in [0.1, 0.15) is 17.2 Å². The van der Waals surface area contributed by atoms with E-state index in [-0.39, 0.29) is 17.8 Å². The first-order chi connectivity index (χ1) is 15.9. The predicted octanol–water partition coefficient (Wildman–Crippen LogP) is 4.41. The van der Waals surface area contributed by atoms with Crippen molar-refractivity contribution < 1.29 is 18.4 Å². The number of carbonyl (C=O) groups excluding carboxylic acids is 1. The third kappa shape index (κ3) is 3.70. The largest absolute Gasteiger partial charge is 0.496 e. The molecule has 1 aliphatic carbocycles. The van der Waals surface area contributed by atoms with Gasteiger partial charge in [0.15, 0.2) is 6.04 Å². The Balaban J connectivity index is 1.46. The number of methoxy groups -OCH3 is 1. The number of ether oxygens (including phenoxy) is 1. The van der Waals surface area contributed by atoms with Crippen LogP contribution in [0.3, 0.4) is 0 Å². The first-order valence-corrected chi connectivity index (χ1v) is 11.6. The highest BCUT2D eigenvalue weighted by atomic mass is 19.1. The van der Waals surface area contributed by atoms with Gasteiger partial charge in [-0.25, -0.2) is 9.37 Å². The summed E-state index contributed by atoms with van der Waals surface area (Å²) in [6.07, 6.45) is 8.82. The van der Waals surface area contributed by atoms with Crippen LogP contribution >= 0.6 is 0 Å². The molecule has 7 heteroatoms. The van der Waals surface area contributed by atoms with Crippen LogP contribution in [0, 0.1) is 5.82 Å². The number of carbonyl (C=O) groups is 1. The Morgan fingerprint density at radius 1 is 1.24 bits per heavy atom. The smallest absolute Gasteiger partial charge is 0.275 e. The number of amides is 1. The van der Waals surface area contributed by atoms with Gasteiger partial charge in [-0.15, -0.1) is 0 Å². The van der Waals surface area contributed by atoms with Crippen molar-refractivity contribution in [3.8, 4) is 16.9 Å². The number of rotatable bonds is 5. The number of aromatic amines is 1. The third-order valence-corrected chi connectivity index (χ3v) is 7.70. The molecule has 1 fully saturated rings. The van der Waals surface area contributed by atoms with Crippen molar-refractivity contribution in [2.24, 2.45) is 5.73 Å². The van der Waals surface area contributed by atoms with E-state index < -0.39 is 0 Å². The van der Waals surface area contributed by atoms with Crippen LogP contribution in [0.1, 0.15) is 37.8 Å². The lowest BCUT2D eigenvalue weighted by molar-refractivity contribution is -0.936. The summed E-state index contributed by atoms with van der Waals surface area (Å²) in [4.78, 5) is 20.0. The van der Waals surface area contributed by atoms with Crippen LogP contribution in [-0.2, 0) is 4.79 Å². The zero-order chi connectivity index (χ0) is 23.2. The number of fused-ring (bicyclic) bond motifs is 1. The summed E-state index contributed by atoms with van der Waals surface area (Å²) < 4.78 is 20.3. The lowest BCUT2D eigenvalue weighted by Gasteiger charge is -2.43. The van der Waals surface area contributed by atoms with Gasteiger partial charge in [-0.2, -0.15) is 0 Å². The second kappa shape index (κ2) is 8.30. The number of hydrogen-bond donors (Lipinski definition) is 2. The molecule has 33 heavy (non-hydrogen) atoms. The SMILES string of the molecule is COc1ccc(F)cc1-c1ccnc2[nH]c(C3=CCC([N+]4(C)CCC[C@H]4C(N)=O)CC3)cc12. The van der Waals surface area contributed by atoms with Crippen LogP contribution in [-0.4, -0.2) is 53.1 Å². The molecule has 3 atom stereocenters. The van der Waals surface area contributed by atoms with Crippen molar-refractivity contribution in [2.75, 3.05) is 20.7 Å². The average Bonchev–Trinajstić information content (AvgIpc) is 3.43. The zero-order valence-electron chi connectivity index (χ0n) is 19.1. The molecule has 3 N–H and O–H groups in total. The van der Waals surface area contributed by atoms with Crippen molar-refractivity contribution in [3.63, 3.8) is 0 Å². The Morgan fingerprint density at radius 2 is 2.09 bits per heavy atom. The molecule has 0 radical (unpaired) electrons. The molecule has 0 saturated carbocycles. The molecule has 1 saturated heterocycles. The van der Waals surface area contributed by atoms with E-state index in [9.17, 15) is 9.18 Å². The zero-order valence-corrected chi connectivity index (χ0v) is 19.1. The quantitative estimate of drug-likeness (QED) is 0.566. The van der Waals surface area contributed by atoms with Crippen molar-refractivity contribution in [1.29, 1.82) is 0 Å². The van der Waals surface area contributed by atoms with E-state index in [1.165, 1.54) is 17.7 Å². The summed E-state index contributed by atoms with van der Waals surface area (Å²) >= 11 is 0. The van der Waals surface area contributed by atoms with E-state index in [1.807, 2.05) is 6.07 Å². The molecule has 2 aliphatic rings. The Labute approximate surface area is 192 Å². The highest BCUT2D eigenvalue weighted by Gasteiger charge is 2.47. The van der Waals surface area contributed by atoms with Crippen LogP contribution in [0.2, 0.25) is 0 Å². The van der Waals surface area contributed by atoms with E-state index in [4.69, 9.17) is 10.5 Å². The fourth-order valence-corrected chi connectivity index (χ4v) is 5.87. The number of nitrogens with one attached hydrogen (secondary N) is 1. The van der Waals surface area contributed by atoms with E-state index >= 15 is 0 Å². The highest BCUT2D eigenvalue weighted by Crippen LogP contribution is 2.39. The van der Waals surface area contributed by atoms with Gasteiger partial charge in [-0.05, 0) is 47.9 Å². The van der Waals surface area contributed by atoms with Gasteiger partial charge in [-0.3, -0.25) is 4.79 Å². The molecule has 1 amide bonds. The van der Waals surface area contributed by atoms with Crippen molar-refractivity contribution in [2.45, 2.75) is 44.2 Å². The van der Waals surface area contributed by atoms with Gasteiger partial charge >= 0.3 is 0 Å². The van der Waals surface area contributed by atoms with Gasteiger partial charge in [0.25, 0.3) is 5.91 Å². The number of quaternary nitrogens is 1. The third-order valence-electron chi connectivity index (χ3n) is 7.70. The average molecular weight is 450 g/mol. The Bertz CT molecular complexity index is 1250. The number of benzene rings is 1. The topological polar surface area (TPSA) is 81.0 Å². The van der Waals surface area contributed by atoms with Crippen molar-refractivity contribution in [3.05, 3.63) is 54.1 Å². The molecule has 0 spiro atoms. The van der Waals surface area contributed by atoms with E-state index in [0.29, 0.717) is 17.4 Å². The van der Waals surface area contributed by atoms with Crippen LogP contribution in [0.4, 0.5) is 4.39 Å². The van der Waals surface area contributed by atoms with E-state index in [1.54, 1.807) is 19.4 Å². The molecular formula is C26H30FN4O2+. The van der Waals surface area contributed by atoms with Gasteiger partial charge in [0, 0.05) is 48.5 Å². The maximum Gasteiger partial charge on any atom is 0.275 e. The number of likely N-dealkylation sites (tertiary alicyclic amines) is 1. The first kappa shape index (κ1) is 21.6. The maximum atomic E-state index is 14.0. The summed E-state index contributed by atoms with van der Waals surface area (Å²) in [5, 5.41) is 0.937. The number of hydrogen-bond acceptors (Lipinski definition) is 3. The fourth-order valence-electron chi connectivity index (χ4n) is 5.87. The first-order valence-electron chi connectivity index (χ1n) is 11.6. The number of halogens is 1. The maximum absolute atomic E-state index is 14.0. The normalized spacial score (nSPS) is 25.2. The molecule has 172 valence electrons. The number of nitrogens with two attached hydrogens (primary N) is 1. The summed E-state index contributed by atoms with van der Waals surface area (Å²) in [5.74, 6) is 0.144. The summed E-state index contributed by atoms with van der Waals surface area (Å²) in [5.41, 5.74) is 10.4. The Kier molecular flexibility index (Phi) is 5.44. The van der Waals surface area contributed by atoms with E-state index in [0.717, 1.165) is 65.4 Å². The fraction of sp³-hybridized carbons (Fsp3) is 0.385. The second-order valence-electron chi connectivity index (χ2n) is 9.44. The van der Waals surface area contributed by atoms with Crippen molar-refractivity contribution in [1.82, 2.24) is 9.97 Å². The standard InChI is InChI=1S/C26H29FN4O2/c1-31(13-3-4-23(31)25(28)32)18-8-5-16(6-9-18)22-15-21-19(11-12-29-26(21)30-22)20-14-17(27)7-10-24(20)33-2/h5,7,10-12,14-15,18,23H,3-4,6,8-9,13H2,1-2H3,(H2-,28,29,30,32)/p+1/t18?,23-,31?/m0/s1. The lowest BCUT2D eigenvalue weighted by atomic mass is 9.90. The predicted molar refractivity (Wildman–Crippen MR) is 127 cm³/mol. The minimum Gasteiger partial charge on any atom is -0.496 e. The number of aromatic nitrogens is 2. The molecule has 1 aromatic carbocycles. The molecule has 6 nitrogen and oxygen atoms in total. The molecule has 1 aliphatic heterocycles. The van der Waals surface area contributed by atoms with Crippen LogP contribution in [0.5, 0.6) is 5.75 Å². The highest BCUT2D eigenvalue weighted by molar-refractivity contribution is 5.96. The molecule has 2 unspecified atom stereocenters. The summed E-state index contributed by atoms with van der Waals surface area (Å²) in [6.45, 7) is 1.01. The van der Waals surface area contributed by atoms with Crippen LogP contribution in [0.25, 0.3) is 27.7 Å². The number of H-pyrrole nitrogens is 1. The number of pyridine rings is 1. The molecule has 2 aromatic heterocycles. The number of likely N-dealkylation sites (N-methyl/N-ethyl adjacent to an activating group) is 1. The second-order valence-corrected chi connectivity index (χ2v) is 9.44. The minimum atomic E-state index is -0.305. The number of nitrogens with zero attached hydrogens (tertiary/aromatic N) is 2. The summed E-state index contributed by atoms with van der Waals surface area (Å²) in [7, 11) is 3.78. The van der Waals surface area contributed by atoms with Gasteiger partial charge in [-0.1, -0.05) is 6.08 Å². The minimum absolute atomic E-state index is 0.0777. The molecule has 0 bridgehead atoms.